The Morgan fingerprint density at radius 2 is 1.94 bits per heavy atom. The third-order valence-corrected chi connectivity index (χ3v) is 2.35. The van der Waals surface area contributed by atoms with Crippen LogP contribution in [0, 0.1) is 0 Å². The highest BCUT2D eigenvalue weighted by Gasteiger charge is 2.24. The van der Waals surface area contributed by atoms with Crippen LogP contribution in [0.1, 0.15) is 26.2 Å². The number of methoxy groups -OCH3 is 1. The molecule has 2 amide bonds. The fourth-order valence-electron chi connectivity index (χ4n) is 1.33. The first-order valence-corrected chi connectivity index (χ1v) is 5.93. The zero-order chi connectivity index (χ0) is 14.0. The van der Waals surface area contributed by atoms with Gasteiger partial charge in [-0.1, -0.05) is 0 Å². The minimum Gasteiger partial charge on any atom is -0.480 e. The lowest BCUT2D eigenvalue weighted by Crippen LogP contribution is -2.51. The third kappa shape index (κ3) is 7.86. The Bertz CT molecular complexity index is 258. The number of ether oxygens (including phenoxy) is 1. The summed E-state index contributed by atoms with van der Waals surface area (Å²) in [6.07, 6.45) is 1.50. The van der Waals surface area contributed by atoms with Gasteiger partial charge in [-0.15, -0.1) is 0 Å². The monoisotopic (exact) mass is 262 g/mol. The van der Waals surface area contributed by atoms with Gasteiger partial charge in [0.05, 0.1) is 6.10 Å². The number of rotatable bonds is 9. The number of urea groups is 1. The highest BCUT2D eigenvalue weighted by molar-refractivity contribution is 5.82. The summed E-state index contributed by atoms with van der Waals surface area (Å²) >= 11 is 0. The fourth-order valence-corrected chi connectivity index (χ4v) is 1.33. The minimum absolute atomic E-state index is 0.460. The van der Waals surface area contributed by atoms with Crippen LogP contribution in [0.5, 0.6) is 0 Å². The van der Waals surface area contributed by atoms with Crippen LogP contribution in [-0.4, -0.2) is 54.6 Å². The Morgan fingerprint density at radius 1 is 1.28 bits per heavy atom. The quantitative estimate of drug-likeness (QED) is 0.435. The van der Waals surface area contributed by atoms with Crippen molar-refractivity contribution in [2.75, 3.05) is 20.3 Å². The number of carbonyl (C=O) groups is 2. The topological polar surface area (TPSA) is 108 Å². The van der Waals surface area contributed by atoms with E-state index in [2.05, 4.69) is 10.6 Å². The van der Waals surface area contributed by atoms with Crippen molar-refractivity contribution in [1.29, 1.82) is 0 Å². The molecule has 0 aliphatic heterocycles. The summed E-state index contributed by atoms with van der Waals surface area (Å²) < 4.78 is 4.88. The van der Waals surface area contributed by atoms with E-state index in [0.29, 0.717) is 13.2 Å². The van der Waals surface area contributed by atoms with Gasteiger partial charge in [0.15, 0.2) is 6.04 Å². The lowest BCUT2D eigenvalue weighted by Gasteiger charge is -2.17. The molecule has 0 aromatic heterocycles. The summed E-state index contributed by atoms with van der Waals surface area (Å²) in [5, 5.41) is 22.6. The number of aliphatic carboxylic acids is 1. The maximum atomic E-state index is 11.3. The predicted octanol–water partition coefficient (Wildman–Crippen LogP) is -0.0637. The van der Waals surface area contributed by atoms with E-state index in [1.54, 1.807) is 7.11 Å². The van der Waals surface area contributed by atoms with E-state index in [9.17, 15) is 9.59 Å². The van der Waals surface area contributed by atoms with Gasteiger partial charge < -0.3 is 25.6 Å². The SMILES string of the molecule is COCCCCCNC(=O)NC(C(=O)O)C(C)O. The van der Waals surface area contributed by atoms with Gasteiger partial charge in [0.1, 0.15) is 0 Å². The van der Waals surface area contributed by atoms with Crippen molar-refractivity contribution in [2.24, 2.45) is 0 Å². The summed E-state index contributed by atoms with van der Waals surface area (Å²) in [6.45, 7) is 2.46. The van der Waals surface area contributed by atoms with Crippen molar-refractivity contribution in [1.82, 2.24) is 10.6 Å². The Kier molecular flexibility index (Phi) is 8.95. The molecule has 0 aliphatic carbocycles. The van der Waals surface area contributed by atoms with Crippen molar-refractivity contribution in [2.45, 2.75) is 38.3 Å². The number of nitrogens with one attached hydrogen (secondary N) is 2. The molecular formula is C11H22N2O5. The second kappa shape index (κ2) is 9.67. The number of amides is 2. The molecule has 0 aromatic rings. The summed E-state index contributed by atoms with van der Waals surface area (Å²) in [4.78, 5) is 22.0. The van der Waals surface area contributed by atoms with Crippen LogP contribution >= 0.6 is 0 Å². The van der Waals surface area contributed by atoms with Crippen LogP contribution in [-0.2, 0) is 9.53 Å². The van der Waals surface area contributed by atoms with E-state index in [4.69, 9.17) is 14.9 Å². The molecule has 0 aromatic carbocycles. The molecule has 0 heterocycles. The Hall–Kier alpha value is -1.34. The molecule has 0 bridgehead atoms. The van der Waals surface area contributed by atoms with Crippen LogP contribution in [0.15, 0.2) is 0 Å². The molecule has 4 N–H and O–H groups in total. The van der Waals surface area contributed by atoms with E-state index < -0.39 is 24.1 Å². The molecule has 0 aliphatic rings. The molecular weight excluding hydrogens is 240 g/mol. The first kappa shape index (κ1) is 16.7. The summed E-state index contributed by atoms with van der Waals surface area (Å²) in [6, 6.07) is -1.88. The number of aliphatic hydroxyl groups excluding tert-OH is 1. The maximum absolute atomic E-state index is 11.3. The van der Waals surface area contributed by atoms with Crippen LogP contribution in [0.25, 0.3) is 0 Å². The minimum atomic E-state index is -1.29. The molecule has 0 rings (SSSR count). The Morgan fingerprint density at radius 3 is 2.44 bits per heavy atom. The molecule has 18 heavy (non-hydrogen) atoms. The third-order valence-electron chi connectivity index (χ3n) is 2.35. The van der Waals surface area contributed by atoms with Crippen molar-refractivity contribution in [3.05, 3.63) is 0 Å². The lowest BCUT2D eigenvalue weighted by molar-refractivity contribution is -0.141. The molecule has 0 fully saturated rings. The smallest absolute Gasteiger partial charge is 0.328 e. The summed E-state index contributed by atoms with van der Waals surface area (Å²) in [5.74, 6) is -1.26. The number of aliphatic hydroxyl groups is 1. The van der Waals surface area contributed by atoms with Gasteiger partial charge in [0, 0.05) is 20.3 Å². The summed E-state index contributed by atoms with van der Waals surface area (Å²) in [5.41, 5.74) is 0. The largest absolute Gasteiger partial charge is 0.480 e. The molecule has 0 saturated carbocycles. The van der Waals surface area contributed by atoms with Gasteiger partial charge >= 0.3 is 12.0 Å². The number of hydrogen-bond acceptors (Lipinski definition) is 4. The van der Waals surface area contributed by atoms with Gasteiger partial charge in [-0.05, 0) is 26.2 Å². The number of carboxylic acids is 1. The van der Waals surface area contributed by atoms with E-state index in [0.717, 1.165) is 19.3 Å². The zero-order valence-electron chi connectivity index (χ0n) is 10.8. The molecule has 2 atom stereocenters. The van der Waals surface area contributed by atoms with E-state index in [-0.39, 0.29) is 0 Å². The van der Waals surface area contributed by atoms with Gasteiger partial charge in [-0.3, -0.25) is 0 Å². The molecule has 7 nitrogen and oxygen atoms in total. The van der Waals surface area contributed by atoms with Crippen molar-refractivity contribution >= 4 is 12.0 Å². The maximum Gasteiger partial charge on any atom is 0.328 e. The Labute approximate surface area is 107 Å². The van der Waals surface area contributed by atoms with Gasteiger partial charge in [-0.2, -0.15) is 0 Å². The van der Waals surface area contributed by atoms with E-state index in [1.165, 1.54) is 6.92 Å². The molecule has 7 heteroatoms. The first-order valence-electron chi connectivity index (χ1n) is 5.93. The molecule has 2 unspecified atom stereocenters. The average Bonchev–Trinajstić information content (AvgIpc) is 2.29. The molecule has 0 spiro atoms. The van der Waals surface area contributed by atoms with Gasteiger partial charge in [0.2, 0.25) is 0 Å². The average molecular weight is 262 g/mol. The lowest BCUT2D eigenvalue weighted by atomic mass is 10.2. The number of hydrogen-bond donors (Lipinski definition) is 4. The second-order valence-electron chi connectivity index (χ2n) is 4.01. The van der Waals surface area contributed by atoms with Crippen molar-refractivity contribution in [3.63, 3.8) is 0 Å². The van der Waals surface area contributed by atoms with E-state index >= 15 is 0 Å². The first-order chi connectivity index (χ1) is 8.49. The number of carboxylic acid groups (broad SMARTS) is 1. The highest BCUT2D eigenvalue weighted by atomic mass is 16.5. The van der Waals surface area contributed by atoms with Crippen molar-refractivity contribution < 1.29 is 24.5 Å². The number of unbranched alkanes of at least 4 members (excludes halogenated alkanes) is 2. The molecule has 0 saturated heterocycles. The second-order valence-corrected chi connectivity index (χ2v) is 4.01. The number of carbonyl (C=O) groups excluding carboxylic acids is 1. The van der Waals surface area contributed by atoms with Gasteiger partial charge in [0.25, 0.3) is 0 Å². The Balaban J connectivity index is 3.72. The molecule has 0 radical (unpaired) electrons. The molecule has 106 valence electrons. The van der Waals surface area contributed by atoms with Crippen LogP contribution in [0.3, 0.4) is 0 Å². The van der Waals surface area contributed by atoms with E-state index in [1.807, 2.05) is 0 Å². The summed E-state index contributed by atoms with van der Waals surface area (Å²) in [7, 11) is 1.63. The zero-order valence-corrected chi connectivity index (χ0v) is 10.8. The predicted molar refractivity (Wildman–Crippen MR) is 65.4 cm³/mol. The standard InChI is InChI=1S/C11H22N2O5/c1-8(14)9(10(15)16)13-11(17)12-6-4-3-5-7-18-2/h8-9,14H,3-7H2,1-2H3,(H,15,16)(H2,12,13,17). The van der Waals surface area contributed by atoms with Crippen LogP contribution < -0.4 is 10.6 Å². The highest BCUT2D eigenvalue weighted by Crippen LogP contribution is 1.95. The van der Waals surface area contributed by atoms with Gasteiger partial charge in [-0.25, -0.2) is 9.59 Å². The van der Waals surface area contributed by atoms with Crippen molar-refractivity contribution in [3.8, 4) is 0 Å². The fraction of sp³-hybridized carbons (Fsp3) is 0.818. The van der Waals surface area contributed by atoms with Crippen LogP contribution in [0.4, 0.5) is 4.79 Å². The van der Waals surface area contributed by atoms with Crippen LogP contribution in [0.2, 0.25) is 0 Å². The normalized spacial score (nSPS) is 13.7.